The first-order chi connectivity index (χ1) is 18.9. The van der Waals surface area contributed by atoms with Crippen molar-refractivity contribution in [2.24, 2.45) is 0 Å². The third-order valence-corrected chi connectivity index (χ3v) is 6.47. The van der Waals surface area contributed by atoms with Crippen LogP contribution in [0.5, 0.6) is 0 Å². The van der Waals surface area contributed by atoms with Gasteiger partial charge in [0.05, 0.1) is 0 Å². The zero-order chi connectivity index (χ0) is 29.0. The second-order valence-electron chi connectivity index (χ2n) is 10.3. The standard InChI is InChI=1S/C31H54O8/c1-3-5-7-9-11-13-15-17-19-21-29(34)37-25-27(26-38-30(35)24-23-28(32)33)39-31(36)22-20-18-16-14-12-10-8-6-4-2/h23-24,27H,3-22,25-26H2,1-2H3,(H,32,33)/b24-23+. The summed E-state index contributed by atoms with van der Waals surface area (Å²) in [6.45, 7) is 3.87. The summed E-state index contributed by atoms with van der Waals surface area (Å²) in [6, 6.07) is 0. The summed E-state index contributed by atoms with van der Waals surface area (Å²) in [5, 5.41) is 8.63. The summed E-state index contributed by atoms with van der Waals surface area (Å²) >= 11 is 0. The monoisotopic (exact) mass is 554 g/mol. The van der Waals surface area contributed by atoms with Gasteiger partial charge in [-0.2, -0.15) is 0 Å². The summed E-state index contributed by atoms with van der Waals surface area (Å²) in [7, 11) is 0. The van der Waals surface area contributed by atoms with Gasteiger partial charge in [-0.25, -0.2) is 9.59 Å². The topological polar surface area (TPSA) is 116 Å². The van der Waals surface area contributed by atoms with Gasteiger partial charge in [-0.1, -0.05) is 117 Å². The zero-order valence-electron chi connectivity index (χ0n) is 24.6. The molecular weight excluding hydrogens is 500 g/mol. The lowest BCUT2D eigenvalue weighted by molar-refractivity contribution is -0.165. The normalized spacial score (nSPS) is 11.8. The highest BCUT2D eigenvalue weighted by Crippen LogP contribution is 2.13. The molecule has 0 aromatic rings. The molecule has 0 aromatic carbocycles. The van der Waals surface area contributed by atoms with E-state index in [0.717, 1.165) is 44.6 Å². The molecule has 8 nitrogen and oxygen atoms in total. The van der Waals surface area contributed by atoms with Crippen LogP contribution in [-0.4, -0.2) is 48.3 Å². The highest BCUT2D eigenvalue weighted by molar-refractivity contribution is 5.90. The first-order valence-electron chi connectivity index (χ1n) is 15.3. The maximum absolute atomic E-state index is 12.3. The van der Waals surface area contributed by atoms with Crippen LogP contribution in [-0.2, 0) is 33.4 Å². The molecule has 8 heteroatoms. The van der Waals surface area contributed by atoms with E-state index in [1.165, 1.54) is 70.6 Å². The second-order valence-corrected chi connectivity index (χ2v) is 10.3. The highest BCUT2D eigenvalue weighted by atomic mass is 16.6. The lowest BCUT2D eigenvalue weighted by Gasteiger charge is -2.18. The van der Waals surface area contributed by atoms with Crippen molar-refractivity contribution in [1.29, 1.82) is 0 Å². The second kappa shape index (κ2) is 27.2. The fraction of sp³-hybridized carbons (Fsp3) is 0.806. The van der Waals surface area contributed by atoms with Crippen molar-refractivity contribution in [1.82, 2.24) is 0 Å². The molecule has 0 fully saturated rings. The zero-order valence-corrected chi connectivity index (χ0v) is 24.6. The van der Waals surface area contributed by atoms with Gasteiger partial charge in [-0.15, -0.1) is 0 Å². The van der Waals surface area contributed by atoms with E-state index >= 15 is 0 Å². The Morgan fingerprint density at radius 2 is 0.974 bits per heavy atom. The molecule has 1 N–H and O–H groups in total. The van der Waals surface area contributed by atoms with Crippen LogP contribution in [0.25, 0.3) is 0 Å². The number of unbranched alkanes of at least 4 members (excludes halogenated alkanes) is 16. The number of carboxylic acids is 1. The SMILES string of the molecule is CCCCCCCCCCCC(=O)OCC(COC(=O)/C=C/C(=O)O)OC(=O)CCCCCCCCCCC. The molecule has 0 heterocycles. The minimum absolute atomic E-state index is 0.213. The molecule has 39 heavy (non-hydrogen) atoms. The van der Waals surface area contributed by atoms with Crippen molar-refractivity contribution in [2.45, 2.75) is 148 Å². The molecule has 0 radical (unpaired) electrons. The molecule has 0 rings (SSSR count). The minimum Gasteiger partial charge on any atom is -0.478 e. The van der Waals surface area contributed by atoms with Gasteiger partial charge >= 0.3 is 23.9 Å². The lowest BCUT2D eigenvalue weighted by Crippen LogP contribution is -2.30. The van der Waals surface area contributed by atoms with Crippen LogP contribution in [0.2, 0.25) is 0 Å². The maximum Gasteiger partial charge on any atom is 0.331 e. The lowest BCUT2D eigenvalue weighted by atomic mass is 10.1. The Morgan fingerprint density at radius 1 is 0.564 bits per heavy atom. The Labute approximate surface area is 236 Å². The molecule has 0 spiro atoms. The minimum atomic E-state index is -1.28. The van der Waals surface area contributed by atoms with E-state index in [4.69, 9.17) is 19.3 Å². The number of carbonyl (C=O) groups is 4. The number of aliphatic carboxylic acids is 1. The molecule has 1 unspecified atom stereocenters. The molecule has 0 saturated heterocycles. The molecule has 0 aromatic heterocycles. The van der Waals surface area contributed by atoms with E-state index in [1.807, 2.05) is 0 Å². The van der Waals surface area contributed by atoms with Crippen LogP contribution < -0.4 is 0 Å². The number of esters is 3. The van der Waals surface area contributed by atoms with Gasteiger partial charge in [0.15, 0.2) is 6.10 Å². The summed E-state index contributed by atoms with van der Waals surface area (Å²) in [4.78, 5) is 46.8. The smallest absolute Gasteiger partial charge is 0.331 e. The van der Waals surface area contributed by atoms with Crippen molar-refractivity contribution < 1.29 is 38.5 Å². The Bertz CT molecular complexity index is 674. The predicted octanol–water partition coefficient (Wildman–Crippen LogP) is 7.47. The van der Waals surface area contributed by atoms with Crippen molar-refractivity contribution in [3.8, 4) is 0 Å². The number of hydrogen-bond donors (Lipinski definition) is 1. The Balaban J connectivity index is 4.32. The van der Waals surface area contributed by atoms with Crippen molar-refractivity contribution in [2.75, 3.05) is 13.2 Å². The van der Waals surface area contributed by atoms with E-state index in [0.29, 0.717) is 12.5 Å². The summed E-state index contributed by atoms with van der Waals surface area (Å²) in [5.74, 6) is -2.97. The Morgan fingerprint density at radius 3 is 1.44 bits per heavy atom. The molecule has 0 aliphatic carbocycles. The summed E-state index contributed by atoms with van der Waals surface area (Å²) in [6.07, 6.45) is 21.5. The van der Waals surface area contributed by atoms with Gasteiger partial charge in [0.2, 0.25) is 0 Å². The van der Waals surface area contributed by atoms with E-state index < -0.39 is 24.0 Å². The molecule has 226 valence electrons. The van der Waals surface area contributed by atoms with Crippen molar-refractivity contribution >= 4 is 23.9 Å². The molecular formula is C31H54O8. The maximum atomic E-state index is 12.3. The first kappa shape index (κ1) is 36.6. The molecule has 0 aliphatic heterocycles. The van der Waals surface area contributed by atoms with E-state index in [2.05, 4.69) is 13.8 Å². The van der Waals surface area contributed by atoms with Crippen LogP contribution in [0.3, 0.4) is 0 Å². The number of ether oxygens (including phenoxy) is 3. The Hall–Kier alpha value is -2.38. The average molecular weight is 555 g/mol. The quantitative estimate of drug-likeness (QED) is 0.0481. The van der Waals surface area contributed by atoms with Crippen LogP contribution in [0.4, 0.5) is 0 Å². The third-order valence-electron chi connectivity index (χ3n) is 6.47. The molecule has 1 atom stereocenters. The number of carboxylic acid groups (broad SMARTS) is 1. The largest absolute Gasteiger partial charge is 0.478 e. The van der Waals surface area contributed by atoms with E-state index in [1.54, 1.807) is 0 Å². The van der Waals surface area contributed by atoms with Crippen LogP contribution in [0.1, 0.15) is 142 Å². The van der Waals surface area contributed by atoms with Crippen LogP contribution in [0, 0.1) is 0 Å². The van der Waals surface area contributed by atoms with E-state index in [-0.39, 0.29) is 32.0 Å². The van der Waals surface area contributed by atoms with Gasteiger partial charge in [0.25, 0.3) is 0 Å². The molecule has 0 saturated carbocycles. The van der Waals surface area contributed by atoms with Crippen LogP contribution in [0.15, 0.2) is 12.2 Å². The number of hydrogen-bond acceptors (Lipinski definition) is 7. The van der Waals surface area contributed by atoms with Crippen molar-refractivity contribution in [3.05, 3.63) is 12.2 Å². The van der Waals surface area contributed by atoms with Crippen LogP contribution >= 0.6 is 0 Å². The molecule has 0 aliphatic rings. The summed E-state index contributed by atoms with van der Waals surface area (Å²) < 4.78 is 15.7. The molecule has 0 amide bonds. The molecule has 0 bridgehead atoms. The number of carbonyl (C=O) groups excluding carboxylic acids is 3. The van der Waals surface area contributed by atoms with Gasteiger partial charge in [-0.05, 0) is 12.8 Å². The average Bonchev–Trinajstić information content (AvgIpc) is 2.91. The first-order valence-corrected chi connectivity index (χ1v) is 15.3. The van der Waals surface area contributed by atoms with Gasteiger partial charge in [0.1, 0.15) is 13.2 Å². The Kier molecular flexibility index (Phi) is 25.5. The fourth-order valence-electron chi connectivity index (χ4n) is 4.14. The summed E-state index contributed by atoms with van der Waals surface area (Å²) in [5.41, 5.74) is 0. The van der Waals surface area contributed by atoms with Gasteiger partial charge in [-0.3, -0.25) is 9.59 Å². The fourth-order valence-corrected chi connectivity index (χ4v) is 4.14. The van der Waals surface area contributed by atoms with Gasteiger partial charge < -0.3 is 19.3 Å². The third kappa shape index (κ3) is 27.0. The number of rotatable bonds is 27. The van der Waals surface area contributed by atoms with E-state index in [9.17, 15) is 19.2 Å². The van der Waals surface area contributed by atoms with Crippen molar-refractivity contribution in [3.63, 3.8) is 0 Å². The van der Waals surface area contributed by atoms with Gasteiger partial charge in [0, 0.05) is 25.0 Å². The predicted molar refractivity (Wildman–Crippen MR) is 152 cm³/mol. The highest BCUT2D eigenvalue weighted by Gasteiger charge is 2.19.